The van der Waals surface area contributed by atoms with E-state index < -0.39 is 0 Å². The highest BCUT2D eigenvalue weighted by atomic mass is 14.9. The molecule has 0 amide bonds. The predicted octanol–water partition coefficient (Wildman–Crippen LogP) is 6.70. The Labute approximate surface area is 201 Å². The fourth-order valence-electron chi connectivity index (χ4n) is 5.07. The molecule has 0 aliphatic carbocycles. The van der Waals surface area contributed by atoms with E-state index in [-0.39, 0.29) is 21.7 Å². The quantitative estimate of drug-likeness (QED) is 0.399. The van der Waals surface area contributed by atoms with Crippen molar-refractivity contribution in [2.75, 3.05) is 0 Å². The third-order valence-electron chi connectivity index (χ3n) is 9.00. The van der Waals surface area contributed by atoms with Crippen LogP contribution in [-0.2, 0) is 21.7 Å². The fraction of sp³-hybridized carbons (Fsp3) is 0.414. The summed E-state index contributed by atoms with van der Waals surface area (Å²) >= 11 is 0. The first-order valence-corrected chi connectivity index (χ1v) is 11.9. The van der Waals surface area contributed by atoms with Gasteiger partial charge >= 0.3 is 0 Å². The van der Waals surface area contributed by atoms with E-state index in [0.717, 1.165) is 44.8 Å². The molecule has 5 heteroatoms. The Bertz CT molecular complexity index is 1410. The van der Waals surface area contributed by atoms with Crippen LogP contribution < -0.4 is 0 Å². The van der Waals surface area contributed by atoms with Gasteiger partial charge in [0.05, 0.1) is 17.0 Å². The lowest BCUT2D eigenvalue weighted by molar-refractivity contribution is 0.313. The highest BCUT2D eigenvalue weighted by Crippen LogP contribution is 2.51. The monoisotopic (exact) mass is 451 g/mol. The summed E-state index contributed by atoms with van der Waals surface area (Å²) in [5, 5.41) is 10.5. The second-order valence-corrected chi connectivity index (χ2v) is 11.8. The smallest absolute Gasteiger partial charge is 0.103 e. The van der Waals surface area contributed by atoms with Gasteiger partial charge in [0.2, 0.25) is 0 Å². The zero-order valence-electron chi connectivity index (χ0n) is 21.4. The molecule has 0 saturated carbocycles. The molecule has 5 heterocycles. The Morgan fingerprint density at radius 1 is 0.588 bits per heavy atom. The first-order chi connectivity index (χ1) is 15.8. The molecule has 174 valence electrons. The van der Waals surface area contributed by atoms with Crippen LogP contribution in [0.5, 0.6) is 0 Å². The summed E-state index contributed by atoms with van der Waals surface area (Å²) in [5.74, 6) is 0. The van der Waals surface area contributed by atoms with E-state index in [1.165, 1.54) is 0 Å². The van der Waals surface area contributed by atoms with Gasteiger partial charge in [-0.2, -0.15) is 5.26 Å². The number of nitrogens with zero attached hydrogens (tertiary/aromatic N) is 3. The first-order valence-electron chi connectivity index (χ1n) is 11.9. The number of aromatic amines is 2. The Morgan fingerprint density at radius 2 is 0.941 bits per heavy atom. The number of hydrogen-bond donors (Lipinski definition) is 2. The number of nitrogens with one attached hydrogen (secondary N) is 2. The molecule has 2 aliphatic heterocycles. The second-order valence-electron chi connectivity index (χ2n) is 11.8. The van der Waals surface area contributed by atoms with Crippen LogP contribution in [0.3, 0.4) is 0 Å². The summed E-state index contributed by atoms with van der Waals surface area (Å²) in [6.07, 6.45) is 0. The maximum Gasteiger partial charge on any atom is 0.103 e. The van der Waals surface area contributed by atoms with Gasteiger partial charge in [-0.05, 0) is 42.5 Å². The van der Waals surface area contributed by atoms with E-state index in [0.29, 0.717) is 5.56 Å². The molecular formula is C29H33N5. The van der Waals surface area contributed by atoms with Crippen LogP contribution in [0.1, 0.15) is 83.7 Å². The lowest BCUT2D eigenvalue weighted by Crippen LogP contribution is -2.38. The molecule has 3 aromatic heterocycles. The standard InChI is InChI=1S/C29H33N5/c1-26(2)22-14-19-11-9-17(31-19)13-18-10-12-20(32-18)15-23-27(3,4)29(7,8)25(34-23)21(16-30)24(33-22)28(26,5)6/h9-15,31-32H,1-8H3. The molecule has 3 aromatic rings. The molecule has 0 fully saturated rings. The van der Waals surface area contributed by atoms with Gasteiger partial charge in [0, 0.05) is 55.1 Å². The number of H-pyrrole nitrogens is 2. The molecule has 0 spiro atoms. The van der Waals surface area contributed by atoms with Gasteiger partial charge in [-0.3, -0.25) is 9.97 Å². The van der Waals surface area contributed by atoms with E-state index in [2.05, 4.69) is 114 Å². The lowest BCUT2D eigenvalue weighted by atomic mass is 9.63. The van der Waals surface area contributed by atoms with Crippen molar-refractivity contribution >= 4 is 22.1 Å². The molecule has 0 radical (unpaired) electrons. The van der Waals surface area contributed by atoms with E-state index in [9.17, 15) is 5.26 Å². The Morgan fingerprint density at radius 3 is 1.29 bits per heavy atom. The molecule has 2 aliphatic rings. The molecule has 0 unspecified atom stereocenters. The maximum atomic E-state index is 10.5. The number of aromatic nitrogens is 4. The van der Waals surface area contributed by atoms with Crippen LogP contribution in [0.4, 0.5) is 0 Å². The molecule has 0 atom stereocenters. The highest BCUT2D eigenvalue weighted by molar-refractivity contribution is 5.68. The second kappa shape index (κ2) is 6.82. The van der Waals surface area contributed by atoms with Crippen molar-refractivity contribution in [1.82, 2.24) is 19.9 Å². The van der Waals surface area contributed by atoms with E-state index in [4.69, 9.17) is 9.97 Å². The predicted molar refractivity (Wildman–Crippen MR) is 138 cm³/mol. The number of hydrogen-bond acceptors (Lipinski definition) is 3. The van der Waals surface area contributed by atoms with Gasteiger partial charge in [-0.1, -0.05) is 55.4 Å². The van der Waals surface area contributed by atoms with Crippen LogP contribution in [-0.4, -0.2) is 19.9 Å². The third kappa shape index (κ3) is 2.91. The summed E-state index contributed by atoms with van der Waals surface area (Å²) in [7, 11) is 0. The summed E-state index contributed by atoms with van der Waals surface area (Å²) in [5.41, 5.74) is 6.99. The Hall–Kier alpha value is -3.39. The van der Waals surface area contributed by atoms with Crippen molar-refractivity contribution in [3.8, 4) is 6.07 Å². The third-order valence-corrected chi connectivity index (χ3v) is 9.00. The molecule has 2 N–H and O–H groups in total. The minimum absolute atomic E-state index is 0.265. The largest absolute Gasteiger partial charge is 0.355 e. The van der Waals surface area contributed by atoms with Crippen LogP contribution in [0.15, 0.2) is 42.5 Å². The summed E-state index contributed by atoms with van der Waals surface area (Å²) in [6.45, 7) is 17.6. The Balaban J connectivity index is 2.02. The van der Waals surface area contributed by atoms with Gasteiger partial charge in [0.25, 0.3) is 0 Å². The van der Waals surface area contributed by atoms with E-state index in [1.807, 2.05) is 0 Å². The highest BCUT2D eigenvalue weighted by Gasteiger charge is 2.51. The van der Waals surface area contributed by atoms with Gasteiger partial charge in [0.1, 0.15) is 6.07 Å². The van der Waals surface area contributed by atoms with Gasteiger partial charge in [-0.25, -0.2) is 0 Å². The average Bonchev–Trinajstić information content (AvgIpc) is 3.45. The van der Waals surface area contributed by atoms with Crippen LogP contribution >= 0.6 is 0 Å². The summed E-state index contributed by atoms with van der Waals surface area (Å²) < 4.78 is 0. The van der Waals surface area contributed by atoms with Gasteiger partial charge in [0.15, 0.2) is 0 Å². The van der Waals surface area contributed by atoms with Crippen molar-refractivity contribution in [3.05, 3.63) is 70.8 Å². The number of fused-ring (bicyclic) bond motifs is 8. The Kier molecular flexibility index (Phi) is 4.49. The van der Waals surface area contributed by atoms with Gasteiger partial charge in [-0.15, -0.1) is 0 Å². The number of rotatable bonds is 0. The molecular weight excluding hydrogens is 418 g/mol. The summed E-state index contributed by atoms with van der Waals surface area (Å²) in [6, 6.07) is 17.2. The molecule has 0 aromatic carbocycles. The zero-order valence-corrected chi connectivity index (χ0v) is 21.4. The normalized spacial score (nSPS) is 19.5. The van der Waals surface area contributed by atoms with Gasteiger partial charge < -0.3 is 9.97 Å². The minimum atomic E-state index is -0.345. The van der Waals surface area contributed by atoms with Crippen LogP contribution in [0, 0.1) is 11.3 Å². The SMILES string of the molecule is CC1(C)c2cc3ccc(cc4ccc(cc5nc(c(C#N)c(n2)C1(C)C)C(C)(C)C5(C)C)[nH]4)[nH]3. The van der Waals surface area contributed by atoms with Crippen LogP contribution in [0.25, 0.3) is 22.1 Å². The molecule has 0 saturated heterocycles. The van der Waals surface area contributed by atoms with Crippen molar-refractivity contribution in [1.29, 1.82) is 5.26 Å². The topological polar surface area (TPSA) is 81.2 Å². The molecule has 34 heavy (non-hydrogen) atoms. The van der Waals surface area contributed by atoms with Crippen molar-refractivity contribution in [2.24, 2.45) is 0 Å². The summed E-state index contributed by atoms with van der Waals surface area (Å²) in [4.78, 5) is 17.2. The number of nitriles is 1. The maximum absolute atomic E-state index is 10.5. The average molecular weight is 452 g/mol. The van der Waals surface area contributed by atoms with Crippen molar-refractivity contribution < 1.29 is 0 Å². The molecule has 5 rings (SSSR count). The minimum Gasteiger partial charge on any atom is -0.355 e. The van der Waals surface area contributed by atoms with Crippen molar-refractivity contribution in [3.63, 3.8) is 0 Å². The molecule has 5 nitrogen and oxygen atoms in total. The van der Waals surface area contributed by atoms with E-state index in [1.54, 1.807) is 0 Å². The molecule has 8 bridgehead atoms. The first kappa shape index (κ1) is 22.4. The zero-order chi connectivity index (χ0) is 24.7. The lowest BCUT2D eigenvalue weighted by Gasteiger charge is -2.37. The van der Waals surface area contributed by atoms with Crippen molar-refractivity contribution in [2.45, 2.75) is 77.0 Å². The van der Waals surface area contributed by atoms with E-state index >= 15 is 0 Å². The fourth-order valence-corrected chi connectivity index (χ4v) is 5.07. The van der Waals surface area contributed by atoms with Crippen LogP contribution in [0.2, 0.25) is 0 Å².